The van der Waals surface area contributed by atoms with Crippen molar-refractivity contribution in [1.82, 2.24) is 0 Å². The minimum absolute atomic E-state index is 1.46. The minimum Gasteiger partial charge on any atom is -0.478 e. The first-order chi connectivity index (χ1) is 2.94. The number of aliphatic carboxylic acids is 1. The lowest BCUT2D eigenvalue weighted by atomic mass is 11.1. The summed E-state index contributed by atoms with van der Waals surface area (Å²) in [5.41, 5.74) is 0. The van der Waals surface area contributed by atoms with Crippen molar-refractivity contribution in [2.75, 3.05) is 0 Å². The fraction of sp³-hybridized carbons (Fsp3) is 0.500. The highest BCUT2D eigenvalue weighted by Crippen LogP contribution is 2.25. The maximum atomic E-state index is 9.62. The van der Waals surface area contributed by atoms with Gasteiger partial charge in [-0.05, 0) is 0 Å². The van der Waals surface area contributed by atoms with E-state index in [9.17, 15) is 4.79 Å². The summed E-state index contributed by atoms with van der Waals surface area (Å²) in [6.45, 7) is 0. The van der Waals surface area contributed by atoms with Crippen LogP contribution in [0.25, 0.3) is 0 Å². The zero-order valence-electron chi connectivity index (χ0n) is 2.99. The Labute approximate surface area is 55.0 Å². The van der Waals surface area contributed by atoms with Crippen molar-refractivity contribution in [1.29, 1.82) is 0 Å². The molecule has 0 spiro atoms. The van der Waals surface area contributed by atoms with Gasteiger partial charge < -0.3 is 5.11 Å². The zero-order valence-corrected chi connectivity index (χ0v) is 5.26. The van der Waals surface area contributed by atoms with Crippen LogP contribution in [0.3, 0.4) is 0 Å². The summed E-state index contributed by atoms with van der Waals surface area (Å²) < 4.78 is -2.17. The van der Waals surface area contributed by atoms with Gasteiger partial charge in [0, 0.05) is 0 Å². The van der Waals surface area contributed by atoms with Crippen LogP contribution in [-0.2, 0) is 4.79 Å². The molecule has 0 saturated heterocycles. The van der Waals surface area contributed by atoms with Crippen LogP contribution >= 0.6 is 34.8 Å². The Kier molecular flexibility index (Phi) is 2.17. The molecule has 7 heavy (non-hydrogen) atoms. The second-order valence-electron chi connectivity index (χ2n) is 0.803. The second kappa shape index (κ2) is 2.07. The number of carbonyl (C=O) groups is 1. The molecule has 0 aromatic carbocycles. The Morgan fingerprint density at radius 1 is 1.43 bits per heavy atom. The van der Waals surface area contributed by atoms with Gasteiger partial charge >= 0.3 is 5.97 Å². The molecule has 0 unspecified atom stereocenters. The molecule has 0 fully saturated rings. The van der Waals surface area contributed by atoms with Crippen LogP contribution in [0.15, 0.2) is 0 Å². The van der Waals surface area contributed by atoms with Gasteiger partial charge in [0.25, 0.3) is 3.79 Å². The fourth-order valence-corrected chi connectivity index (χ4v) is 0. The molecule has 0 saturated carbocycles. The third-order valence-corrected chi connectivity index (χ3v) is 0.728. The van der Waals surface area contributed by atoms with Crippen LogP contribution in [0.1, 0.15) is 0 Å². The van der Waals surface area contributed by atoms with Crippen molar-refractivity contribution in [3.63, 3.8) is 0 Å². The van der Waals surface area contributed by atoms with Crippen LogP contribution < -0.4 is 0 Å². The predicted molar refractivity (Wildman–Crippen MR) is 27.9 cm³/mol. The summed E-state index contributed by atoms with van der Waals surface area (Å²) in [6.07, 6.45) is 0. The maximum Gasteiger partial charge on any atom is 0.356 e. The number of hydrogen-bond acceptors (Lipinski definition) is 1. The van der Waals surface area contributed by atoms with E-state index >= 15 is 0 Å². The average Bonchev–Trinajstić information content (AvgIpc) is 1.31. The third-order valence-electron chi connectivity index (χ3n) is 0.243. The lowest BCUT2D eigenvalue weighted by molar-refractivity contribution is -0.135. The lowest BCUT2D eigenvalue weighted by Crippen LogP contribution is -2.16. The molecule has 0 amide bonds. The van der Waals surface area contributed by atoms with Gasteiger partial charge in [0.05, 0.1) is 0 Å². The van der Waals surface area contributed by atoms with Gasteiger partial charge in [0.1, 0.15) is 0 Å². The van der Waals surface area contributed by atoms with Crippen molar-refractivity contribution in [3.05, 3.63) is 0 Å². The van der Waals surface area contributed by atoms with Gasteiger partial charge in [-0.3, -0.25) is 0 Å². The van der Waals surface area contributed by atoms with E-state index in [0.717, 1.165) is 0 Å². The van der Waals surface area contributed by atoms with Crippen molar-refractivity contribution >= 4 is 40.8 Å². The van der Waals surface area contributed by atoms with Crippen LogP contribution in [-0.4, -0.2) is 14.9 Å². The predicted octanol–water partition coefficient (Wildman–Crippen LogP) is 1.44. The monoisotopic (exact) mass is 163 g/mol. The first-order valence-corrected chi connectivity index (χ1v) is 2.38. The SMILES string of the molecule is O=C(O)[13C](Cl)(Cl)Cl. The normalized spacial score (nSPS) is 11.3. The lowest BCUT2D eigenvalue weighted by Gasteiger charge is -1.99. The highest BCUT2D eigenvalue weighted by Gasteiger charge is 2.29. The maximum absolute atomic E-state index is 9.62. The molecule has 42 valence electrons. The highest BCUT2D eigenvalue weighted by atomic mass is 35.6. The first kappa shape index (κ1) is 7.34. The number of carboxylic acid groups (broad SMARTS) is 1. The Morgan fingerprint density at radius 2 is 1.57 bits per heavy atom. The summed E-state index contributed by atoms with van der Waals surface area (Å²) in [7, 11) is 0. The van der Waals surface area contributed by atoms with Gasteiger partial charge in [-0.15, -0.1) is 0 Å². The molecule has 0 aliphatic carbocycles. The quantitative estimate of drug-likeness (QED) is 0.434. The average molecular weight is 164 g/mol. The molecule has 0 aliphatic heterocycles. The number of alkyl halides is 3. The molecule has 1 N–H and O–H groups in total. The molecule has 0 atom stereocenters. The van der Waals surface area contributed by atoms with E-state index in [0.29, 0.717) is 0 Å². The Balaban J connectivity index is 3.79. The summed E-state index contributed by atoms with van der Waals surface area (Å²) >= 11 is 14.4. The van der Waals surface area contributed by atoms with Crippen LogP contribution in [0.2, 0.25) is 0 Å². The zero-order chi connectivity index (χ0) is 6.08. The number of rotatable bonds is 0. The minimum atomic E-state index is -2.17. The molecule has 2 nitrogen and oxygen atoms in total. The van der Waals surface area contributed by atoms with E-state index in [1.807, 2.05) is 0 Å². The Bertz CT molecular complexity index is 83.4. The summed E-state index contributed by atoms with van der Waals surface area (Å²) in [5, 5.41) is 7.85. The van der Waals surface area contributed by atoms with Crippen molar-refractivity contribution < 1.29 is 9.90 Å². The summed E-state index contributed by atoms with van der Waals surface area (Å²) in [4.78, 5) is 9.62. The number of hydrogen-bond donors (Lipinski definition) is 1. The van der Waals surface area contributed by atoms with E-state index in [1.165, 1.54) is 0 Å². The number of carboxylic acids is 1. The molecule has 0 bridgehead atoms. The standard InChI is InChI=1S/C2HCl3O2/c3-2(4,5)1(6)7/h(H,6,7)/i2+1. The molecule has 0 aromatic rings. The summed E-state index contributed by atoms with van der Waals surface area (Å²) in [5.74, 6) is -1.46. The van der Waals surface area contributed by atoms with Crippen molar-refractivity contribution in [2.24, 2.45) is 0 Å². The van der Waals surface area contributed by atoms with E-state index < -0.39 is 9.76 Å². The topological polar surface area (TPSA) is 37.3 Å². The number of halogens is 3. The molecule has 0 radical (unpaired) electrons. The van der Waals surface area contributed by atoms with Crippen LogP contribution in [0, 0.1) is 0 Å². The van der Waals surface area contributed by atoms with Gasteiger partial charge in [0.2, 0.25) is 0 Å². The third kappa shape index (κ3) is 2.97. The molecule has 5 heteroatoms. The van der Waals surface area contributed by atoms with Crippen LogP contribution in [0.5, 0.6) is 0 Å². The Hall–Kier alpha value is 0.340. The molecule has 0 heterocycles. The molecule has 0 rings (SSSR count). The van der Waals surface area contributed by atoms with Gasteiger partial charge in [0.15, 0.2) is 0 Å². The molecule has 0 aromatic heterocycles. The molecular weight excluding hydrogens is 163 g/mol. The van der Waals surface area contributed by atoms with Gasteiger partial charge in [-0.2, -0.15) is 0 Å². The first-order valence-electron chi connectivity index (χ1n) is 1.24. The van der Waals surface area contributed by atoms with E-state index in [1.54, 1.807) is 0 Å². The summed E-state index contributed by atoms with van der Waals surface area (Å²) in [6, 6.07) is 0. The fourth-order valence-electron chi connectivity index (χ4n) is 0. The van der Waals surface area contributed by atoms with E-state index in [-0.39, 0.29) is 0 Å². The smallest absolute Gasteiger partial charge is 0.356 e. The van der Waals surface area contributed by atoms with Crippen molar-refractivity contribution in [3.8, 4) is 0 Å². The van der Waals surface area contributed by atoms with Crippen LogP contribution in [0.4, 0.5) is 0 Å². The molecule has 0 aliphatic rings. The molecular formula is C2HCl3O2. The van der Waals surface area contributed by atoms with Gasteiger partial charge in [-0.1, -0.05) is 34.8 Å². The largest absolute Gasteiger partial charge is 0.478 e. The van der Waals surface area contributed by atoms with Crippen molar-refractivity contribution in [2.45, 2.75) is 3.79 Å². The second-order valence-corrected chi connectivity index (χ2v) is 3.08. The van der Waals surface area contributed by atoms with Gasteiger partial charge in [-0.25, -0.2) is 4.79 Å². The van der Waals surface area contributed by atoms with E-state index in [4.69, 9.17) is 39.9 Å². The Morgan fingerprint density at radius 3 is 1.57 bits per heavy atom. The van der Waals surface area contributed by atoms with E-state index in [2.05, 4.69) is 0 Å². The highest BCUT2D eigenvalue weighted by molar-refractivity contribution is 6.75.